The van der Waals surface area contributed by atoms with Gasteiger partial charge >= 0.3 is 0 Å². The van der Waals surface area contributed by atoms with Gasteiger partial charge in [0, 0.05) is 38.8 Å². The highest BCUT2D eigenvalue weighted by Crippen LogP contribution is 2.23. The average Bonchev–Trinajstić information content (AvgIpc) is 2.75. The van der Waals surface area contributed by atoms with E-state index in [9.17, 15) is 0 Å². The summed E-state index contributed by atoms with van der Waals surface area (Å²) in [6.07, 6.45) is 5.35. The molecule has 0 aromatic carbocycles. The van der Waals surface area contributed by atoms with Crippen LogP contribution in [0.1, 0.15) is 32.6 Å². The Labute approximate surface area is 99.7 Å². The second-order valence-corrected chi connectivity index (χ2v) is 5.22. The van der Waals surface area contributed by atoms with Crippen LogP contribution in [-0.2, 0) is 4.74 Å². The standard InChI is InChI=1S/C13H26N2O/c1-3-5-13(11-16-2)15-9-8-14-7-4-6-12(14)10-15/h12-13H,3-11H2,1-2H3. The molecule has 2 aliphatic rings. The fourth-order valence-electron chi connectivity index (χ4n) is 3.24. The van der Waals surface area contributed by atoms with Gasteiger partial charge in [0.05, 0.1) is 6.61 Å². The zero-order valence-electron chi connectivity index (χ0n) is 10.8. The van der Waals surface area contributed by atoms with E-state index in [1.807, 2.05) is 7.11 Å². The van der Waals surface area contributed by atoms with Gasteiger partial charge in [0.2, 0.25) is 0 Å². The number of nitrogens with zero attached hydrogens (tertiary/aromatic N) is 2. The van der Waals surface area contributed by atoms with Crippen LogP contribution in [0.25, 0.3) is 0 Å². The molecule has 16 heavy (non-hydrogen) atoms. The lowest BCUT2D eigenvalue weighted by Crippen LogP contribution is -2.54. The molecule has 94 valence electrons. The first kappa shape index (κ1) is 12.3. The first-order chi connectivity index (χ1) is 7.85. The van der Waals surface area contributed by atoms with Gasteiger partial charge in [-0.1, -0.05) is 13.3 Å². The third kappa shape index (κ3) is 2.76. The van der Waals surface area contributed by atoms with Crippen molar-refractivity contribution in [3.8, 4) is 0 Å². The van der Waals surface area contributed by atoms with Crippen molar-refractivity contribution in [2.24, 2.45) is 0 Å². The van der Waals surface area contributed by atoms with Gasteiger partial charge in [-0.2, -0.15) is 0 Å². The van der Waals surface area contributed by atoms with Crippen LogP contribution in [0.4, 0.5) is 0 Å². The average molecular weight is 226 g/mol. The van der Waals surface area contributed by atoms with E-state index in [0.717, 1.165) is 12.6 Å². The molecule has 2 atom stereocenters. The van der Waals surface area contributed by atoms with E-state index >= 15 is 0 Å². The third-order valence-electron chi connectivity index (χ3n) is 4.12. The largest absolute Gasteiger partial charge is 0.383 e. The lowest BCUT2D eigenvalue weighted by Gasteiger charge is -2.41. The van der Waals surface area contributed by atoms with Gasteiger partial charge in [0.15, 0.2) is 0 Å². The van der Waals surface area contributed by atoms with Crippen LogP contribution in [-0.4, -0.2) is 61.8 Å². The van der Waals surface area contributed by atoms with Crippen molar-refractivity contribution in [1.82, 2.24) is 9.80 Å². The Balaban J connectivity index is 1.87. The number of rotatable bonds is 5. The molecule has 0 saturated carbocycles. The molecule has 0 bridgehead atoms. The van der Waals surface area contributed by atoms with Crippen molar-refractivity contribution >= 4 is 0 Å². The molecule has 0 aromatic rings. The molecule has 3 heteroatoms. The minimum Gasteiger partial charge on any atom is -0.383 e. The van der Waals surface area contributed by atoms with Crippen molar-refractivity contribution in [2.75, 3.05) is 39.9 Å². The number of hydrogen-bond donors (Lipinski definition) is 0. The molecule has 3 nitrogen and oxygen atoms in total. The quantitative estimate of drug-likeness (QED) is 0.708. The summed E-state index contributed by atoms with van der Waals surface area (Å²) in [4.78, 5) is 5.34. The summed E-state index contributed by atoms with van der Waals surface area (Å²) < 4.78 is 5.37. The molecule has 0 N–H and O–H groups in total. The van der Waals surface area contributed by atoms with E-state index in [4.69, 9.17) is 4.74 Å². The second-order valence-electron chi connectivity index (χ2n) is 5.22. The van der Waals surface area contributed by atoms with Crippen molar-refractivity contribution in [1.29, 1.82) is 0 Å². The normalized spacial score (nSPS) is 29.2. The highest BCUT2D eigenvalue weighted by molar-refractivity contribution is 4.89. The van der Waals surface area contributed by atoms with E-state index in [-0.39, 0.29) is 0 Å². The van der Waals surface area contributed by atoms with Gasteiger partial charge in [-0.15, -0.1) is 0 Å². The second kappa shape index (κ2) is 5.99. The molecule has 2 unspecified atom stereocenters. The maximum atomic E-state index is 5.37. The minimum absolute atomic E-state index is 0.651. The minimum atomic E-state index is 0.651. The Hall–Kier alpha value is -0.120. The lowest BCUT2D eigenvalue weighted by atomic mass is 10.1. The molecule has 0 spiro atoms. The molecule has 0 radical (unpaired) electrons. The maximum absolute atomic E-state index is 5.37. The summed E-state index contributed by atoms with van der Waals surface area (Å²) in [5.41, 5.74) is 0. The molecule has 0 aliphatic carbocycles. The summed E-state index contributed by atoms with van der Waals surface area (Å²) in [7, 11) is 1.83. The van der Waals surface area contributed by atoms with Crippen LogP contribution in [0.2, 0.25) is 0 Å². The van der Waals surface area contributed by atoms with E-state index in [2.05, 4.69) is 16.7 Å². The zero-order valence-corrected chi connectivity index (χ0v) is 10.8. The van der Waals surface area contributed by atoms with Crippen LogP contribution in [0.15, 0.2) is 0 Å². The first-order valence-corrected chi connectivity index (χ1v) is 6.82. The Morgan fingerprint density at radius 3 is 2.94 bits per heavy atom. The van der Waals surface area contributed by atoms with Crippen LogP contribution in [0, 0.1) is 0 Å². The summed E-state index contributed by atoms with van der Waals surface area (Å²) in [5, 5.41) is 0. The maximum Gasteiger partial charge on any atom is 0.0618 e. The molecule has 0 amide bonds. The van der Waals surface area contributed by atoms with Crippen molar-refractivity contribution in [3.05, 3.63) is 0 Å². The van der Waals surface area contributed by atoms with Gasteiger partial charge < -0.3 is 4.74 Å². The highest BCUT2D eigenvalue weighted by atomic mass is 16.5. The molecule has 2 rings (SSSR count). The van der Waals surface area contributed by atoms with E-state index < -0.39 is 0 Å². The summed E-state index contributed by atoms with van der Waals surface area (Å²) in [6.45, 7) is 8.30. The van der Waals surface area contributed by atoms with Crippen LogP contribution < -0.4 is 0 Å². The summed E-state index contributed by atoms with van der Waals surface area (Å²) >= 11 is 0. The van der Waals surface area contributed by atoms with Gasteiger partial charge in [-0.25, -0.2) is 0 Å². The fraction of sp³-hybridized carbons (Fsp3) is 1.00. The molecular weight excluding hydrogens is 200 g/mol. The van der Waals surface area contributed by atoms with E-state index in [1.54, 1.807) is 0 Å². The van der Waals surface area contributed by atoms with Crippen molar-refractivity contribution < 1.29 is 4.74 Å². The van der Waals surface area contributed by atoms with Gasteiger partial charge in [-0.05, 0) is 25.8 Å². The van der Waals surface area contributed by atoms with Crippen LogP contribution in [0.5, 0.6) is 0 Å². The number of methoxy groups -OCH3 is 1. The fourth-order valence-corrected chi connectivity index (χ4v) is 3.24. The monoisotopic (exact) mass is 226 g/mol. The number of hydrogen-bond acceptors (Lipinski definition) is 3. The van der Waals surface area contributed by atoms with Crippen LogP contribution in [0.3, 0.4) is 0 Å². The topological polar surface area (TPSA) is 15.7 Å². The predicted molar refractivity (Wildman–Crippen MR) is 66.7 cm³/mol. The Morgan fingerprint density at radius 2 is 2.19 bits per heavy atom. The molecule has 2 aliphatic heterocycles. The number of ether oxygens (including phenoxy) is 1. The van der Waals surface area contributed by atoms with Crippen molar-refractivity contribution in [3.63, 3.8) is 0 Å². The van der Waals surface area contributed by atoms with E-state index in [0.29, 0.717) is 6.04 Å². The lowest BCUT2D eigenvalue weighted by molar-refractivity contribution is 0.0306. The van der Waals surface area contributed by atoms with Crippen molar-refractivity contribution in [2.45, 2.75) is 44.7 Å². The number of piperazine rings is 1. The Kier molecular flexibility index (Phi) is 4.62. The molecule has 2 fully saturated rings. The van der Waals surface area contributed by atoms with Gasteiger partial charge in [0.1, 0.15) is 0 Å². The number of fused-ring (bicyclic) bond motifs is 1. The Morgan fingerprint density at radius 1 is 1.31 bits per heavy atom. The summed E-state index contributed by atoms with van der Waals surface area (Å²) in [5.74, 6) is 0. The smallest absolute Gasteiger partial charge is 0.0618 e. The SMILES string of the molecule is CCCC(COC)N1CCN2CCCC2C1. The Bertz CT molecular complexity index is 204. The summed E-state index contributed by atoms with van der Waals surface area (Å²) in [6, 6.07) is 1.49. The molecule has 2 saturated heterocycles. The predicted octanol–water partition coefficient (Wildman–Crippen LogP) is 1.58. The van der Waals surface area contributed by atoms with E-state index in [1.165, 1.54) is 51.9 Å². The van der Waals surface area contributed by atoms with Gasteiger partial charge in [0.25, 0.3) is 0 Å². The molecule has 2 heterocycles. The van der Waals surface area contributed by atoms with Gasteiger partial charge in [-0.3, -0.25) is 9.80 Å². The highest BCUT2D eigenvalue weighted by Gasteiger charge is 2.32. The first-order valence-electron chi connectivity index (χ1n) is 6.82. The molecule has 0 aromatic heterocycles. The zero-order chi connectivity index (χ0) is 11.4. The molecular formula is C13H26N2O. The van der Waals surface area contributed by atoms with Crippen LogP contribution >= 0.6 is 0 Å². The third-order valence-corrected chi connectivity index (χ3v) is 4.12.